The van der Waals surface area contributed by atoms with Crippen molar-refractivity contribution in [2.75, 3.05) is 18.8 Å². The van der Waals surface area contributed by atoms with Crippen LogP contribution in [0.4, 0.5) is 10.2 Å². The van der Waals surface area contributed by atoms with Crippen LogP contribution in [0.15, 0.2) is 72.2 Å². The Labute approximate surface area is 200 Å². The summed E-state index contributed by atoms with van der Waals surface area (Å²) in [6.45, 7) is 4.70. The number of anilines is 1. The van der Waals surface area contributed by atoms with Crippen molar-refractivity contribution in [3.63, 3.8) is 0 Å². The van der Waals surface area contributed by atoms with E-state index in [2.05, 4.69) is 16.8 Å². The first-order chi connectivity index (χ1) is 17.0. The smallest absolute Gasteiger partial charge is 0.288 e. The largest absolute Gasteiger partial charge is 0.454 e. The van der Waals surface area contributed by atoms with Gasteiger partial charge in [-0.3, -0.25) is 9.59 Å². The third kappa shape index (κ3) is 4.16. The van der Waals surface area contributed by atoms with Gasteiger partial charge in [-0.05, 0) is 48.7 Å². The number of nitrogens with one attached hydrogen (secondary N) is 1. The van der Waals surface area contributed by atoms with Crippen LogP contribution in [0, 0.1) is 5.82 Å². The van der Waals surface area contributed by atoms with E-state index in [0.29, 0.717) is 29.7 Å². The summed E-state index contributed by atoms with van der Waals surface area (Å²) in [6, 6.07) is 13.2. The van der Waals surface area contributed by atoms with E-state index in [1.165, 1.54) is 12.1 Å². The molecule has 178 valence electrons. The Morgan fingerprint density at radius 3 is 2.74 bits per heavy atom. The van der Waals surface area contributed by atoms with Gasteiger partial charge < -0.3 is 19.9 Å². The summed E-state index contributed by atoms with van der Waals surface area (Å²) in [4.78, 5) is 26.8. The number of fused-ring (bicyclic) bond motifs is 1. The van der Waals surface area contributed by atoms with E-state index in [4.69, 9.17) is 10.5 Å². The number of nitrogen functional groups attached to an aromatic ring is 1. The second-order valence-electron chi connectivity index (χ2n) is 8.45. The predicted octanol–water partition coefficient (Wildman–Crippen LogP) is 4.25. The van der Waals surface area contributed by atoms with E-state index in [1.807, 2.05) is 22.9 Å². The van der Waals surface area contributed by atoms with Gasteiger partial charge in [0.25, 0.3) is 5.56 Å². The van der Waals surface area contributed by atoms with Gasteiger partial charge in [-0.15, -0.1) is 0 Å². The second kappa shape index (κ2) is 9.09. The maximum atomic E-state index is 13.9. The zero-order valence-electron chi connectivity index (χ0n) is 18.9. The van der Waals surface area contributed by atoms with Gasteiger partial charge in [0, 0.05) is 24.8 Å². The molecule has 35 heavy (non-hydrogen) atoms. The van der Waals surface area contributed by atoms with Crippen molar-refractivity contribution in [3.8, 4) is 22.6 Å². The number of halogens is 1. The van der Waals surface area contributed by atoms with E-state index < -0.39 is 5.82 Å². The third-order valence-electron chi connectivity index (χ3n) is 6.29. The monoisotopic (exact) mass is 473 g/mol. The standard InChI is InChI=1S/C26H24FN5O3/c1-2-22(33)31-13-5-6-17(14-31)32-15-19(23-24(32)26(34)30-29-25(23)28)16-9-11-18(12-10-16)35-21-8-4-3-7-20(21)27/h2-4,7-12,15,17H,1,5-6,13-14H2,(H2,28,29)(H,30,34)/t17-/m1/s1. The molecule has 1 saturated heterocycles. The van der Waals surface area contributed by atoms with Crippen molar-refractivity contribution in [2.24, 2.45) is 0 Å². The first-order valence-electron chi connectivity index (χ1n) is 11.3. The van der Waals surface area contributed by atoms with Gasteiger partial charge >= 0.3 is 0 Å². The number of ether oxygens (including phenoxy) is 1. The van der Waals surface area contributed by atoms with Crippen molar-refractivity contribution in [3.05, 3.63) is 83.6 Å². The summed E-state index contributed by atoms with van der Waals surface area (Å²) in [6.07, 6.45) is 4.81. The number of aromatic amines is 1. The molecule has 1 atom stereocenters. The van der Waals surface area contributed by atoms with Gasteiger partial charge in [0.05, 0.1) is 11.4 Å². The number of nitrogens with two attached hydrogens (primary N) is 1. The predicted molar refractivity (Wildman–Crippen MR) is 132 cm³/mol. The highest BCUT2D eigenvalue weighted by molar-refractivity contribution is 6.02. The topological polar surface area (TPSA) is 106 Å². The van der Waals surface area contributed by atoms with Gasteiger partial charge in [-0.25, -0.2) is 9.49 Å². The minimum absolute atomic E-state index is 0.101. The normalized spacial score (nSPS) is 15.8. The van der Waals surface area contributed by atoms with Crippen molar-refractivity contribution in [1.29, 1.82) is 0 Å². The molecule has 2 aromatic carbocycles. The zero-order chi connectivity index (χ0) is 24.5. The van der Waals surface area contributed by atoms with Crippen LogP contribution in [-0.2, 0) is 4.79 Å². The van der Waals surface area contributed by atoms with Gasteiger partial charge in [-0.2, -0.15) is 5.10 Å². The van der Waals surface area contributed by atoms with Crippen LogP contribution in [0.5, 0.6) is 11.5 Å². The Morgan fingerprint density at radius 2 is 2.00 bits per heavy atom. The molecule has 0 saturated carbocycles. The van der Waals surface area contributed by atoms with E-state index in [1.54, 1.807) is 35.2 Å². The number of nitrogens with zero attached hydrogens (tertiary/aromatic N) is 3. The highest BCUT2D eigenvalue weighted by Gasteiger charge is 2.27. The summed E-state index contributed by atoms with van der Waals surface area (Å²) in [5, 5.41) is 6.99. The van der Waals surface area contributed by atoms with Gasteiger partial charge in [0.2, 0.25) is 5.91 Å². The quantitative estimate of drug-likeness (QED) is 0.422. The van der Waals surface area contributed by atoms with E-state index in [-0.39, 0.29) is 29.1 Å². The Bertz CT molecular complexity index is 1470. The lowest BCUT2D eigenvalue weighted by atomic mass is 10.1. The molecule has 2 aromatic heterocycles. The summed E-state index contributed by atoms with van der Waals surface area (Å²) in [5.74, 6) is 0.223. The molecular weight excluding hydrogens is 449 g/mol. The molecule has 1 aliphatic rings. The number of piperidine rings is 1. The number of H-pyrrole nitrogens is 1. The summed E-state index contributed by atoms with van der Waals surface area (Å²) >= 11 is 0. The summed E-state index contributed by atoms with van der Waals surface area (Å²) < 4.78 is 21.5. The molecule has 1 fully saturated rings. The minimum Gasteiger partial charge on any atom is -0.454 e. The van der Waals surface area contributed by atoms with Gasteiger partial charge in [0.15, 0.2) is 17.4 Å². The van der Waals surface area contributed by atoms with Crippen LogP contribution in [0.25, 0.3) is 22.0 Å². The molecule has 0 bridgehead atoms. The van der Waals surface area contributed by atoms with Crippen LogP contribution >= 0.6 is 0 Å². The fraction of sp³-hybridized carbons (Fsp3) is 0.192. The van der Waals surface area contributed by atoms with Gasteiger partial charge in [0.1, 0.15) is 11.3 Å². The van der Waals surface area contributed by atoms with Crippen molar-refractivity contribution in [1.82, 2.24) is 19.7 Å². The maximum absolute atomic E-state index is 13.9. The number of aromatic nitrogens is 3. The molecule has 0 spiro atoms. The highest BCUT2D eigenvalue weighted by atomic mass is 19.1. The number of hydrogen-bond donors (Lipinski definition) is 2. The van der Waals surface area contributed by atoms with E-state index in [9.17, 15) is 14.0 Å². The molecular formula is C26H24FN5O3. The fourth-order valence-electron chi connectivity index (χ4n) is 4.61. The average molecular weight is 474 g/mol. The van der Waals surface area contributed by atoms with Gasteiger partial charge in [-0.1, -0.05) is 30.8 Å². The molecule has 3 N–H and O–H groups in total. The van der Waals surface area contributed by atoms with Crippen molar-refractivity contribution >= 4 is 22.6 Å². The Kier molecular flexibility index (Phi) is 5.82. The lowest BCUT2D eigenvalue weighted by Crippen LogP contribution is -2.40. The molecule has 5 rings (SSSR count). The average Bonchev–Trinajstić information content (AvgIpc) is 3.30. The maximum Gasteiger partial charge on any atom is 0.288 e. The molecule has 4 aromatic rings. The van der Waals surface area contributed by atoms with Crippen molar-refractivity contribution < 1.29 is 13.9 Å². The Hall–Kier alpha value is -4.40. The number of benzene rings is 2. The molecule has 1 amide bonds. The van der Waals surface area contributed by atoms with Crippen molar-refractivity contribution in [2.45, 2.75) is 18.9 Å². The Morgan fingerprint density at radius 1 is 1.23 bits per heavy atom. The lowest BCUT2D eigenvalue weighted by molar-refractivity contribution is -0.127. The molecule has 8 nitrogen and oxygen atoms in total. The summed E-state index contributed by atoms with van der Waals surface area (Å²) in [5.41, 5.74) is 7.80. The summed E-state index contributed by atoms with van der Waals surface area (Å²) in [7, 11) is 0. The van der Waals surface area contributed by atoms with Crippen LogP contribution in [0.1, 0.15) is 18.9 Å². The molecule has 0 aliphatic carbocycles. The third-order valence-corrected chi connectivity index (χ3v) is 6.29. The number of para-hydroxylation sites is 1. The van der Waals surface area contributed by atoms with E-state index in [0.717, 1.165) is 24.0 Å². The molecule has 1 aliphatic heterocycles. The van der Waals surface area contributed by atoms with Crippen LogP contribution in [0.3, 0.4) is 0 Å². The number of carbonyl (C=O) groups excluding carboxylic acids is 1. The zero-order valence-corrected chi connectivity index (χ0v) is 18.9. The fourth-order valence-corrected chi connectivity index (χ4v) is 4.61. The number of rotatable bonds is 5. The second-order valence-corrected chi connectivity index (χ2v) is 8.45. The SMILES string of the molecule is C=CC(=O)N1CCC[C@@H](n2cc(-c3ccc(Oc4ccccc4F)cc3)c3c(N)n[nH]c(=O)c32)C1. The Balaban J connectivity index is 1.54. The van der Waals surface area contributed by atoms with Crippen LogP contribution in [0.2, 0.25) is 0 Å². The van der Waals surface area contributed by atoms with E-state index >= 15 is 0 Å². The molecule has 0 unspecified atom stereocenters. The highest BCUT2D eigenvalue weighted by Crippen LogP contribution is 2.36. The molecule has 9 heteroatoms. The minimum atomic E-state index is -0.450. The first kappa shape index (κ1) is 22.4. The number of carbonyl (C=O) groups is 1. The van der Waals surface area contributed by atoms with Crippen LogP contribution < -0.4 is 16.0 Å². The van der Waals surface area contributed by atoms with Crippen LogP contribution in [-0.4, -0.2) is 38.7 Å². The molecule has 0 radical (unpaired) electrons. The first-order valence-corrected chi connectivity index (χ1v) is 11.3. The molecule has 3 heterocycles. The number of likely N-dealkylation sites (tertiary alicyclic amines) is 1. The number of amides is 1. The lowest BCUT2D eigenvalue weighted by Gasteiger charge is -2.33. The number of hydrogen-bond acceptors (Lipinski definition) is 5.